The zero-order valence-electron chi connectivity index (χ0n) is 10.4. The molecule has 0 aliphatic carbocycles. The summed E-state index contributed by atoms with van der Waals surface area (Å²) < 4.78 is 0. The molecular formula is C14H16N4. The molecule has 0 saturated heterocycles. The summed E-state index contributed by atoms with van der Waals surface area (Å²) in [6.07, 6.45) is 5.55. The lowest BCUT2D eigenvalue weighted by Crippen LogP contribution is -2.34. The number of benzene rings is 1. The summed E-state index contributed by atoms with van der Waals surface area (Å²) in [6, 6.07) is 8.84. The number of aryl methyl sites for hydroxylation is 1. The Morgan fingerprint density at radius 3 is 2.72 bits per heavy atom. The average molecular weight is 240 g/mol. The summed E-state index contributed by atoms with van der Waals surface area (Å²) in [4.78, 5) is 10.9. The van der Waals surface area contributed by atoms with E-state index in [-0.39, 0.29) is 0 Å². The number of hydrogen-bond donors (Lipinski definition) is 1. The summed E-state index contributed by atoms with van der Waals surface area (Å²) in [5.41, 5.74) is 8.80. The van der Waals surface area contributed by atoms with E-state index in [0.29, 0.717) is 11.7 Å². The molecule has 0 fully saturated rings. The Morgan fingerprint density at radius 2 is 1.94 bits per heavy atom. The highest BCUT2D eigenvalue weighted by molar-refractivity contribution is 5.64. The number of fused-ring (bicyclic) bond motifs is 1. The van der Waals surface area contributed by atoms with E-state index >= 15 is 0 Å². The van der Waals surface area contributed by atoms with Crippen LogP contribution in [0.3, 0.4) is 0 Å². The predicted molar refractivity (Wildman–Crippen MR) is 72.8 cm³/mol. The summed E-state index contributed by atoms with van der Waals surface area (Å²) in [6.45, 7) is 2.20. The van der Waals surface area contributed by atoms with Crippen LogP contribution in [0.1, 0.15) is 18.9 Å². The molecule has 2 aromatic rings. The Bertz CT molecular complexity index is 550. The maximum atomic E-state index is 5.64. The van der Waals surface area contributed by atoms with Crippen molar-refractivity contribution < 1.29 is 0 Å². The van der Waals surface area contributed by atoms with E-state index in [2.05, 4.69) is 46.1 Å². The average Bonchev–Trinajstić information content (AvgIpc) is 2.40. The highest BCUT2D eigenvalue weighted by Gasteiger charge is 2.25. The van der Waals surface area contributed by atoms with E-state index in [1.807, 2.05) is 0 Å². The third-order valence-corrected chi connectivity index (χ3v) is 3.40. The number of nitrogens with zero attached hydrogens (tertiary/aromatic N) is 3. The molecule has 92 valence electrons. The molecule has 1 aromatic heterocycles. The number of hydrogen-bond acceptors (Lipinski definition) is 4. The third-order valence-electron chi connectivity index (χ3n) is 3.40. The Morgan fingerprint density at radius 1 is 1.22 bits per heavy atom. The second-order valence-electron chi connectivity index (χ2n) is 4.70. The normalized spacial score (nSPS) is 18.5. The molecule has 1 unspecified atom stereocenters. The Balaban J connectivity index is 2.07. The zero-order chi connectivity index (χ0) is 12.5. The van der Waals surface area contributed by atoms with Crippen LogP contribution in [0.4, 0.5) is 17.3 Å². The lowest BCUT2D eigenvalue weighted by Gasteiger charge is -2.35. The van der Waals surface area contributed by atoms with Crippen LogP contribution in [0, 0.1) is 0 Å². The van der Waals surface area contributed by atoms with Gasteiger partial charge in [-0.15, -0.1) is 0 Å². The lowest BCUT2D eigenvalue weighted by molar-refractivity contribution is 0.608. The molecule has 4 heteroatoms. The molecule has 1 aliphatic heterocycles. The van der Waals surface area contributed by atoms with Crippen molar-refractivity contribution in [2.45, 2.75) is 25.8 Å². The van der Waals surface area contributed by atoms with Gasteiger partial charge in [-0.05, 0) is 31.4 Å². The van der Waals surface area contributed by atoms with Crippen molar-refractivity contribution in [3.05, 3.63) is 42.2 Å². The first kappa shape index (κ1) is 11.0. The molecule has 0 radical (unpaired) electrons. The van der Waals surface area contributed by atoms with Gasteiger partial charge in [0.1, 0.15) is 0 Å². The molecular weight excluding hydrogens is 224 g/mol. The van der Waals surface area contributed by atoms with Gasteiger partial charge in [-0.25, -0.2) is 9.97 Å². The van der Waals surface area contributed by atoms with Gasteiger partial charge >= 0.3 is 0 Å². The first-order valence-corrected chi connectivity index (χ1v) is 6.20. The number of aromatic nitrogens is 2. The van der Waals surface area contributed by atoms with Gasteiger partial charge in [0.25, 0.3) is 0 Å². The monoisotopic (exact) mass is 240 g/mol. The summed E-state index contributed by atoms with van der Waals surface area (Å²) in [7, 11) is 0. The van der Waals surface area contributed by atoms with Gasteiger partial charge in [-0.2, -0.15) is 0 Å². The van der Waals surface area contributed by atoms with Crippen LogP contribution in [-0.2, 0) is 6.42 Å². The summed E-state index contributed by atoms with van der Waals surface area (Å²) >= 11 is 0. The van der Waals surface area contributed by atoms with Crippen LogP contribution < -0.4 is 10.6 Å². The van der Waals surface area contributed by atoms with Crippen LogP contribution in [-0.4, -0.2) is 16.0 Å². The molecule has 1 aromatic carbocycles. The molecule has 0 bridgehead atoms. The minimum atomic E-state index is 0.406. The number of nitrogens with two attached hydrogens (primary N) is 1. The number of para-hydroxylation sites is 1. The van der Waals surface area contributed by atoms with Gasteiger partial charge in [0.05, 0.1) is 18.1 Å². The largest absolute Gasteiger partial charge is 0.396 e. The standard InChI is InChI=1S/C14H16N4/c1-10-6-7-11-4-2-3-5-13(11)18(10)14-16-8-12(15)9-17-14/h2-5,8-10H,6-7,15H2,1H3. The molecule has 3 rings (SSSR count). The fraction of sp³-hybridized carbons (Fsp3) is 0.286. The first-order valence-electron chi connectivity index (χ1n) is 6.20. The van der Waals surface area contributed by atoms with Crippen LogP contribution in [0.15, 0.2) is 36.7 Å². The Kier molecular flexibility index (Phi) is 2.63. The molecule has 2 N–H and O–H groups in total. The van der Waals surface area contributed by atoms with Crippen molar-refractivity contribution in [2.75, 3.05) is 10.6 Å². The first-order chi connectivity index (χ1) is 8.75. The van der Waals surface area contributed by atoms with E-state index in [0.717, 1.165) is 18.8 Å². The molecule has 1 aliphatic rings. The molecule has 0 spiro atoms. The van der Waals surface area contributed by atoms with Gasteiger partial charge in [0.15, 0.2) is 0 Å². The van der Waals surface area contributed by atoms with Gasteiger partial charge in [0, 0.05) is 11.7 Å². The van der Waals surface area contributed by atoms with E-state index < -0.39 is 0 Å². The Hall–Kier alpha value is -2.10. The number of nitrogen functional groups attached to an aromatic ring is 1. The van der Waals surface area contributed by atoms with Gasteiger partial charge in [-0.1, -0.05) is 18.2 Å². The fourth-order valence-electron chi connectivity index (χ4n) is 2.45. The zero-order valence-corrected chi connectivity index (χ0v) is 10.4. The smallest absolute Gasteiger partial charge is 0.230 e. The van der Waals surface area contributed by atoms with Crippen molar-refractivity contribution in [3.63, 3.8) is 0 Å². The summed E-state index contributed by atoms with van der Waals surface area (Å²) in [5.74, 6) is 0.726. The van der Waals surface area contributed by atoms with Crippen LogP contribution in [0.5, 0.6) is 0 Å². The number of rotatable bonds is 1. The second-order valence-corrected chi connectivity index (χ2v) is 4.70. The van der Waals surface area contributed by atoms with E-state index in [1.54, 1.807) is 12.4 Å². The van der Waals surface area contributed by atoms with Crippen molar-refractivity contribution in [1.29, 1.82) is 0 Å². The van der Waals surface area contributed by atoms with Crippen molar-refractivity contribution in [1.82, 2.24) is 9.97 Å². The van der Waals surface area contributed by atoms with Crippen molar-refractivity contribution in [2.24, 2.45) is 0 Å². The molecule has 2 heterocycles. The lowest BCUT2D eigenvalue weighted by atomic mass is 9.97. The molecule has 4 nitrogen and oxygen atoms in total. The van der Waals surface area contributed by atoms with Gasteiger partial charge in [-0.3, -0.25) is 0 Å². The molecule has 1 atom stereocenters. The molecule has 0 amide bonds. The fourth-order valence-corrected chi connectivity index (χ4v) is 2.45. The minimum Gasteiger partial charge on any atom is -0.396 e. The van der Waals surface area contributed by atoms with E-state index in [1.165, 1.54) is 11.3 Å². The highest BCUT2D eigenvalue weighted by atomic mass is 15.3. The topological polar surface area (TPSA) is 55.0 Å². The Labute approximate surface area is 106 Å². The van der Waals surface area contributed by atoms with E-state index in [9.17, 15) is 0 Å². The van der Waals surface area contributed by atoms with E-state index in [4.69, 9.17) is 5.73 Å². The summed E-state index contributed by atoms with van der Waals surface area (Å²) in [5, 5.41) is 0. The highest BCUT2D eigenvalue weighted by Crippen LogP contribution is 2.34. The minimum absolute atomic E-state index is 0.406. The molecule has 18 heavy (non-hydrogen) atoms. The van der Waals surface area contributed by atoms with Crippen LogP contribution >= 0.6 is 0 Å². The van der Waals surface area contributed by atoms with Crippen molar-refractivity contribution >= 4 is 17.3 Å². The SMILES string of the molecule is CC1CCc2ccccc2N1c1ncc(N)cn1. The van der Waals surface area contributed by atoms with Crippen LogP contribution in [0.2, 0.25) is 0 Å². The maximum Gasteiger partial charge on any atom is 0.230 e. The molecule has 0 saturated carbocycles. The predicted octanol–water partition coefficient (Wildman–Crippen LogP) is 2.53. The second kappa shape index (κ2) is 4.29. The van der Waals surface area contributed by atoms with Gasteiger partial charge in [0.2, 0.25) is 5.95 Å². The van der Waals surface area contributed by atoms with Crippen LogP contribution in [0.25, 0.3) is 0 Å². The quantitative estimate of drug-likeness (QED) is 0.832. The number of anilines is 3. The van der Waals surface area contributed by atoms with Crippen molar-refractivity contribution in [3.8, 4) is 0 Å². The maximum absolute atomic E-state index is 5.64. The third kappa shape index (κ3) is 1.79. The van der Waals surface area contributed by atoms with Gasteiger partial charge < -0.3 is 10.6 Å².